The summed E-state index contributed by atoms with van der Waals surface area (Å²) in [5, 5.41) is 0. The smallest absolute Gasteiger partial charge is 0.410 e. The van der Waals surface area contributed by atoms with Crippen LogP contribution in [0.4, 0.5) is 18.0 Å². The zero-order valence-electron chi connectivity index (χ0n) is 20.8. The predicted octanol–water partition coefficient (Wildman–Crippen LogP) is 6.53. The van der Waals surface area contributed by atoms with Gasteiger partial charge in [0.05, 0.1) is 23.8 Å². The van der Waals surface area contributed by atoms with Gasteiger partial charge in [-0.25, -0.2) is 9.78 Å². The van der Waals surface area contributed by atoms with E-state index in [0.717, 1.165) is 22.2 Å². The number of hydrogen-bond acceptors (Lipinski definition) is 4. The lowest BCUT2D eigenvalue weighted by atomic mass is 9.96. The van der Waals surface area contributed by atoms with Crippen molar-refractivity contribution in [3.05, 3.63) is 127 Å². The van der Waals surface area contributed by atoms with E-state index in [1.807, 2.05) is 30.3 Å². The summed E-state index contributed by atoms with van der Waals surface area (Å²) >= 11 is 3.34. The van der Waals surface area contributed by atoms with Crippen LogP contribution >= 0.6 is 15.9 Å². The Morgan fingerprint density at radius 2 is 1.62 bits per heavy atom. The molecule has 3 aromatic carbocycles. The number of carbonyl (C=O) groups is 1. The van der Waals surface area contributed by atoms with Gasteiger partial charge in [-0.3, -0.25) is 9.36 Å². The van der Waals surface area contributed by atoms with Crippen molar-refractivity contribution in [3.63, 3.8) is 0 Å². The molecule has 1 aliphatic heterocycles. The van der Waals surface area contributed by atoms with Crippen LogP contribution in [0, 0.1) is 6.92 Å². The van der Waals surface area contributed by atoms with E-state index in [9.17, 15) is 22.8 Å². The molecule has 0 spiro atoms. The molecule has 39 heavy (non-hydrogen) atoms. The molecule has 1 atom stereocenters. The van der Waals surface area contributed by atoms with Crippen molar-refractivity contribution in [2.24, 2.45) is 0 Å². The van der Waals surface area contributed by atoms with E-state index >= 15 is 0 Å². The molecule has 1 aliphatic rings. The van der Waals surface area contributed by atoms with Gasteiger partial charge in [-0.1, -0.05) is 58.4 Å². The highest BCUT2D eigenvalue weighted by atomic mass is 79.9. The molecule has 1 unspecified atom stereocenters. The number of amides is 1. The Labute approximate surface area is 230 Å². The number of fused-ring (bicyclic) bond motifs is 1. The third-order valence-corrected chi connectivity index (χ3v) is 7.18. The van der Waals surface area contributed by atoms with E-state index < -0.39 is 23.9 Å². The molecule has 6 nitrogen and oxygen atoms in total. The van der Waals surface area contributed by atoms with Crippen LogP contribution in [0.2, 0.25) is 0 Å². The fraction of sp³-hybridized carbons (Fsp3) is 0.207. The highest BCUT2D eigenvalue weighted by molar-refractivity contribution is 9.10. The molecule has 1 aromatic heterocycles. The number of aryl methyl sites for hydroxylation is 1. The molecule has 0 fully saturated rings. The molecule has 0 aliphatic carbocycles. The van der Waals surface area contributed by atoms with Crippen LogP contribution in [-0.2, 0) is 19.1 Å². The SMILES string of the molecule is Cc1nc2c(c(=O)n1C(c1ccccc1)c1ccc(C(F)(F)F)cc1)CCN(C(=O)Oc1ccc(Br)cc1)C2. The fourth-order valence-corrected chi connectivity index (χ4v) is 4.99. The summed E-state index contributed by atoms with van der Waals surface area (Å²) in [5.41, 5.74) is 1.16. The first-order valence-corrected chi connectivity index (χ1v) is 13.0. The number of carbonyl (C=O) groups excluding carboxylic acids is 1. The van der Waals surface area contributed by atoms with E-state index in [1.165, 1.54) is 21.6 Å². The Kier molecular flexibility index (Phi) is 7.31. The number of alkyl halides is 3. The highest BCUT2D eigenvalue weighted by Crippen LogP contribution is 2.33. The van der Waals surface area contributed by atoms with Crippen LogP contribution < -0.4 is 10.3 Å². The van der Waals surface area contributed by atoms with Gasteiger partial charge in [0.1, 0.15) is 11.6 Å². The molecular weight excluding hydrogens is 575 g/mol. The van der Waals surface area contributed by atoms with Crippen molar-refractivity contribution < 1.29 is 22.7 Å². The molecule has 0 radical (unpaired) electrons. The second kappa shape index (κ2) is 10.7. The molecule has 0 N–H and O–H groups in total. The van der Waals surface area contributed by atoms with Crippen molar-refractivity contribution in [1.82, 2.24) is 14.5 Å². The van der Waals surface area contributed by atoms with Gasteiger partial charge >= 0.3 is 12.3 Å². The number of nitrogens with zero attached hydrogens (tertiary/aromatic N) is 3. The average Bonchev–Trinajstić information content (AvgIpc) is 2.92. The van der Waals surface area contributed by atoms with Gasteiger partial charge in [0, 0.05) is 16.6 Å². The third kappa shape index (κ3) is 5.61. The summed E-state index contributed by atoms with van der Waals surface area (Å²) in [5.74, 6) is 0.784. The number of rotatable bonds is 4. The quantitative estimate of drug-likeness (QED) is 0.268. The first-order chi connectivity index (χ1) is 18.6. The van der Waals surface area contributed by atoms with E-state index in [-0.39, 0.29) is 25.1 Å². The normalized spacial score (nSPS) is 14.0. The van der Waals surface area contributed by atoms with E-state index in [0.29, 0.717) is 28.4 Å². The second-order valence-corrected chi connectivity index (χ2v) is 10.1. The lowest BCUT2D eigenvalue weighted by Gasteiger charge is -2.30. The average molecular weight is 598 g/mol. The number of hydrogen-bond donors (Lipinski definition) is 0. The fourth-order valence-electron chi connectivity index (χ4n) is 4.73. The minimum atomic E-state index is -4.47. The first kappa shape index (κ1) is 26.7. The van der Waals surface area contributed by atoms with E-state index in [4.69, 9.17) is 4.74 Å². The lowest BCUT2D eigenvalue weighted by Crippen LogP contribution is -2.43. The Morgan fingerprint density at radius 3 is 2.26 bits per heavy atom. The number of benzene rings is 3. The van der Waals surface area contributed by atoms with Crippen LogP contribution in [0.25, 0.3) is 0 Å². The van der Waals surface area contributed by atoms with Crippen molar-refractivity contribution in [2.45, 2.75) is 32.1 Å². The molecule has 0 saturated carbocycles. The summed E-state index contributed by atoms with van der Waals surface area (Å²) < 4.78 is 47.5. The molecule has 2 heterocycles. The van der Waals surface area contributed by atoms with Crippen molar-refractivity contribution in [1.29, 1.82) is 0 Å². The molecule has 10 heteroatoms. The maximum absolute atomic E-state index is 13.9. The van der Waals surface area contributed by atoms with Gasteiger partial charge in [-0.05, 0) is 60.9 Å². The molecule has 5 rings (SSSR count). The van der Waals surface area contributed by atoms with Crippen LogP contribution in [0.5, 0.6) is 5.75 Å². The van der Waals surface area contributed by atoms with E-state index in [2.05, 4.69) is 20.9 Å². The summed E-state index contributed by atoms with van der Waals surface area (Å²) in [6, 6.07) is 20.1. The minimum absolute atomic E-state index is 0.109. The van der Waals surface area contributed by atoms with Crippen LogP contribution in [0.3, 0.4) is 0 Å². The monoisotopic (exact) mass is 597 g/mol. The summed E-state index contributed by atoms with van der Waals surface area (Å²) in [4.78, 5) is 32.8. The van der Waals surface area contributed by atoms with Crippen molar-refractivity contribution >= 4 is 22.0 Å². The van der Waals surface area contributed by atoms with Crippen molar-refractivity contribution in [3.8, 4) is 5.75 Å². The third-order valence-electron chi connectivity index (χ3n) is 6.65. The first-order valence-electron chi connectivity index (χ1n) is 12.2. The Morgan fingerprint density at radius 1 is 0.974 bits per heavy atom. The molecule has 1 amide bonds. The number of aromatic nitrogens is 2. The maximum atomic E-state index is 13.9. The zero-order valence-corrected chi connectivity index (χ0v) is 22.4. The predicted molar refractivity (Wildman–Crippen MR) is 143 cm³/mol. The van der Waals surface area contributed by atoms with Gasteiger partial charge in [0.25, 0.3) is 5.56 Å². The van der Waals surface area contributed by atoms with Gasteiger partial charge in [-0.15, -0.1) is 0 Å². The van der Waals surface area contributed by atoms with Gasteiger partial charge in [-0.2, -0.15) is 13.2 Å². The summed E-state index contributed by atoms with van der Waals surface area (Å²) in [6.45, 7) is 2.05. The Hall–Kier alpha value is -3.92. The van der Waals surface area contributed by atoms with E-state index in [1.54, 1.807) is 31.2 Å². The zero-order chi connectivity index (χ0) is 27.7. The Balaban J connectivity index is 1.49. The standard InChI is InChI=1S/C29H23BrF3N3O3/c1-18-34-25-17-35(28(38)39-23-13-11-22(30)12-14-23)16-15-24(25)27(37)36(18)26(19-5-3-2-4-6-19)20-7-9-21(10-8-20)29(31,32)33/h2-14,26H,15-17H2,1H3. The van der Waals surface area contributed by atoms with Crippen LogP contribution in [-0.4, -0.2) is 27.1 Å². The van der Waals surface area contributed by atoms with Crippen molar-refractivity contribution in [2.75, 3.05) is 6.54 Å². The largest absolute Gasteiger partial charge is 0.416 e. The maximum Gasteiger partial charge on any atom is 0.416 e. The lowest BCUT2D eigenvalue weighted by molar-refractivity contribution is -0.137. The number of halogens is 4. The molecule has 0 saturated heterocycles. The molecule has 0 bridgehead atoms. The van der Waals surface area contributed by atoms with Crippen LogP contribution in [0.15, 0.2) is 88.1 Å². The highest BCUT2D eigenvalue weighted by Gasteiger charge is 2.32. The summed E-state index contributed by atoms with van der Waals surface area (Å²) in [7, 11) is 0. The molecule has 200 valence electrons. The van der Waals surface area contributed by atoms with Gasteiger partial charge < -0.3 is 9.64 Å². The topological polar surface area (TPSA) is 64.4 Å². The van der Waals surface area contributed by atoms with Gasteiger partial charge in [0.2, 0.25) is 0 Å². The molecular formula is C29H23BrF3N3O3. The second-order valence-electron chi connectivity index (χ2n) is 9.19. The Bertz CT molecular complexity index is 1550. The van der Waals surface area contributed by atoms with Gasteiger partial charge in [0.15, 0.2) is 0 Å². The number of ether oxygens (including phenoxy) is 1. The minimum Gasteiger partial charge on any atom is -0.410 e. The summed E-state index contributed by atoms with van der Waals surface area (Å²) in [6.07, 6.45) is -4.74. The van der Waals surface area contributed by atoms with Crippen LogP contribution in [0.1, 0.15) is 39.8 Å². The molecule has 4 aromatic rings.